The van der Waals surface area contributed by atoms with E-state index in [4.69, 9.17) is 0 Å². The van der Waals surface area contributed by atoms with Gasteiger partial charge in [-0.1, -0.05) is 6.07 Å². The lowest BCUT2D eigenvalue weighted by atomic mass is 9.97. The fourth-order valence-corrected chi connectivity index (χ4v) is 3.24. The van der Waals surface area contributed by atoms with Gasteiger partial charge in [-0.05, 0) is 57.0 Å². The van der Waals surface area contributed by atoms with Gasteiger partial charge in [0, 0.05) is 24.7 Å². The van der Waals surface area contributed by atoms with Gasteiger partial charge in [-0.3, -0.25) is 9.69 Å². The molecule has 0 saturated carbocycles. The summed E-state index contributed by atoms with van der Waals surface area (Å²) < 4.78 is 0. The monoisotopic (exact) mass is 316 g/mol. The summed E-state index contributed by atoms with van der Waals surface area (Å²) in [6, 6.07) is 5.77. The number of nitrogens with one attached hydrogen (secondary N) is 3. The maximum absolute atomic E-state index is 12.4. The van der Waals surface area contributed by atoms with Crippen LogP contribution in [0.2, 0.25) is 0 Å². The Balaban J connectivity index is 1.71. The highest BCUT2D eigenvalue weighted by atomic mass is 16.2. The average molecular weight is 316 g/mol. The highest BCUT2D eigenvalue weighted by Gasteiger charge is 2.25. The smallest absolute Gasteiger partial charge is 0.321 e. The predicted octanol–water partition coefficient (Wildman–Crippen LogP) is 1.72. The molecular formula is C17H24N4O2. The van der Waals surface area contributed by atoms with Gasteiger partial charge in [-0.15, -0.1) is 0 Å². The lowest BCUT2D eigenvalue weighted by Crippen LogP contribution is -2.38. The lowest BCUT2D eigenvalue weighted by molar-refractivity contribution is -0.120. The zero-order valence-corrected chi connectivity index (χ0v) is 13.5. The second-order valence-corrected chi connectivity index (χ2v) is 6.09. The molecule has 1 fully saturated rings. The van der Waals surface area contributed by atoms with E-state index in [1.165, 1.54) is 0 Å². The van der Waals surface area contributed by atoms with Gasteiger partial charge in [0.25, 0.3) is 0 Å². The van der Waals surface area contributed by atoms with Crippen LogP contribution in [0.15, 0.2) is 18.2 Å². The summed E-state index contributed by atoms with van der Waals surface area (Å²) >= 11 is 0. The molecule has 3 N–H and O–H groups in total. The van der Waals surface area contributed by atoms with Crippen LogP contribution in [0.4, 0.5) is 16.2 Å². The Morgan fingerprint density at radius 1 is 1.30 bits per heavy atom. The number of fused-ring (bicyclic) bond motifs is 1. The number of carbonyl (C=O) groups excluding carboxylic acids is 2. The Morgan fingerprint density at radius 3 is 2.83 bits per heavy atom. The first-order valence-electron chi connectivity index (χ1n) is 8.39. The van der Waals surface area contributed by atoms with Crippen molar-refractivity contribution >= 4 is 23.3 Å². The number of hydrogen-bond donors (Lipinski definition) is 3. The SMILES string of the molecule is CCNC(=O)N1CCc2ccc(NC(=O)C3CCNCC3)cc21. The maximum Gasteiger partial charge on any atom is 0.321 e. The summed E-state index contributed by atoms with van der Waals surface area (Å²) in [5.41, 5.74) is 2.82. The van der Waals surface area contributed by atoms with Gasteiger partial charge in [0.15, 0.2) is 0 Å². The molecule has 2 aliphatic rings. The van der Waals surface area contributed by atoms with Crippen molar-refractivity contribution in [1.29, 1.82) is 0 Å². The van der Waals surface area contributed by atoms with Crippen LogP contribution >= 0.6 is 0 Å². The van der Waals surface area contributed by atoms with E-state index in [9.17, 15) is 9.59 Å². The van der Waals surface area contributed by atoms with E-state index in [-0.39, 0.29) is 17.9 Å². The molecule has 0 aromatic heterocycles. The number of amides is 3. The minimum atomic E-state index is -0.0759. The normalized spacial score (nSPS) is 17.7. The summed E-state index contributed by atoms with van der Waals surface area (Å²) in [4.78, 5) is 26.2. The summed E-state index contributed by atoms with van der Waals surface area (Å²) in [6.45, 7) is 4.99. The molecule has 0 radical (unpaired) electrons. The van der Waals surface area contributed by atoms with Crippen molar-refractivity contribution in [2.24, 2.45) is 5.92 Å². The molecule has 3 rings (SSSR count). The average Bonchev–Trinajstić information content (AvgIpc) is 2.99. The first-order chi connectivity index (χ1) is 11.2. The Hall–Kier alpha value is -2.08. The third-order valence-corrected chi connectivity index (χ3v) is 4.53. The number of anilines is 2. The van der Waals surface area contributed by atoms with Crippen LogP contribution in [0.1, 0.15) is 25.3 Å². The van der Waals surface area contributed by atoms with Crippen molar-refractivity contribution < 1.29 is 9.59 Å². The highest BCUT2D eigenvalue weighted by molar-refractivity contribution is 5.97. The van der Waals surface area contributed by atoms with E-state index in [0.29, 0.717) is 13.1 Å². The molecule has 0 bridgehead atoms. The number of carbonyl (C=O) groups is 2. The zero-order chi connectivity index (χ0) is 16.2. The summed E-state index contributed by atoms with van der Waals surface area (Å²) in [6.07, 6.45) is 2.61. The van der Waals surface area contributed by atoms with Crippen molar-refractivity contribution in [2.75, 3.05) is 36.4 Å². The molecule has 1 saturated heterocycles. The second kappa shape index (κ2) is 7.00. The van der Waals surface area contributed by atoms with Gasteiger partial charge in [-0.2, -0.15) is 0 Å². The molecule has 3 amide bonds. The number of nitrogens with zero attached hydrogens (tertiary/aromatic N) is 1. The van der Waals surface area contributed by atoms with Crippen LogP contribution in [0, 0.1) is 5.92 Å². The van der Waals surface area contributed by atoms with Crippen molar-refractivity contribution in [3.63, 3.8) is 0 Å². The number of urea groups is 1. The third kappa shape index (κ3) is 3.47. The van der Waals surface area contributed by atoms with Gasteiger partial charge < -0.3 is 16.0 Å². The highest BCUT2D eigenvalue weighted by Crippen LogP contribution is 2.31. The molecule has 2 aliphatic heterocycles. The fourth-order valence-electron chi connectivity index (χ4n) is 3.24. The Bertz CT molecular complexity index is 596. The number of piperidine rings is 1. The van der Waals surface area contributed by atoms with Gasteiger partial charge in [0.05, 0.1) is 5.69 Å². The van der Waals surface area contributed by atoms with E-state index >= 15 is 0 Å². The number of rotatable bonds is 3. The molecular weight excluding hydrogens is 292 g/mol. The van der Waals surface area contributed by atoms with E-state index in [1.54, 1.807) is 4.90 Å². The van der Waals surface area contributed by atoms with Crippen molar-refractivity contribution in [2.45, 2.75) is 26.2 Å². The molecule has 0 spiro atoms. The molecule has 0 aliphatic carbocycles. The first kappa shape index (κ1) is 15.8. The largest absolute Gasteiger partial charge is 0.338 e. The van der Waals surface area contributed by atoms with E-state index in [0.717, 1.165) is 49.3 Å². The standard InChI is InChI=1S/C17H24N4O2/c1-2-19-17(23)21-10-7-12-3-4-14(11-15(12)21)20-16(22)13-5-8-18-9-6-13/h3-4,11,13,18H,2,5-10H2,1H3,(H,19,23)(H,20,22). The van der Waals surface area contributed by atoms with E-state index < -0.39 is 0 Å². The fraction of sp³-hybridized carbons (Fsp3) is 0.529. The van der Waals surface area contributed by atoms with Gasteiger partial charge in [0.1, 0.15) is 0 Å². The Kier molecular flexibility index (Phi) is 4.81. The minimum absolute atomic E-state index is 0.0731. The Labute approximate surface area is 136 Å². The van der Waals surface area contributed by atoms with Crippen LogP contribution in [0.25, 0.3) is 0 Å². The quantitative estimate of drug-likeness (QED) is 0.795. The summed E-state index contributed by atoms with van der Waals surface area (Å²) in [5.74, 6) is 0.151. The topological polar surface area (TPSA) is 73.5 Å². The Morgan fingerprint density at radius 2 is 2.09 bits per heavy atom. The predicted molar refractivity (Wildman–Crippen MR) is 90.8 cm³/mol. The van der Waals surface area contributed by atoms with Gasteiger partial charge >= 0.3 is 6.03 Å². The number of benzene rings is 1. The third-order valence-electron chi connectivity index (χ3n) is 4.53. The summed E-state index contributed by atoms with van der Waals surface area (Å²) in [7, 11) is 0. The summed E-state index contributed by atoms with van der Waals surface area (Å²) in [5, 5.41) is 9.11. The second-order valence-electron chi connectivity index (χ2n) is 6.09. The molecule has 0 unspecified atom stereocenters. The van der Waals surface area contributed by atoms with Crippen LogP contribution in [-0.4, -0.2) is 38.1 Å². The van der Waals surface area contributed by atoms with Crippen molar-refractivity contribution in [3.05, 3.63) is 23.8 Å². The molecule has 1 aromatic carbocycles. The molecule has 0 atom stereocenters. The molecule has 124 valence electrons. The van der Waals surface area contributed by atoms with Crippen LogP contribution < -0.4 is 20.9 Å². The molecule has 6 heteroatoms. The van der Waals surface area contributed by atoms with Crippen LogP contribution in [0.3, 0.4) is 0 Å². The number of hydrogen-bond acceptors (Lipinski definition) is 3. The molecule has 1 aromatic rings. The van der Waals surface area contributed by atoms with E-state index in [2.05, 4.69) is 16.0 Å². The van der Waals surface area contributed by atoms with Crippen LogP contribution in [-0.2, 0) is 11.2 Å². The van der Waals surface area contributed by atoms with Crippen molar-refractivity contribution in [3.8, 4) is 0 Å². The van der Waals surface area contributed by atoms with E-state index in [1.807, 2.05) is 25.1 Å². The maximum atomic E-state index is 12.4. The minimum Gasteiger partial charge on any atom is -0.338 e. The zero-order valence-electron chi connectivity index (χ0n) is 13.5. The van der Waals surface area contributed by atoms with Crippen molar-refractivity contribution in [1.82, 2.24) is 10.6 Å². The van der Waals surface area contributed by atoms with Gasteiger partial charge in [-0.25, -0.2) is 4.79 Å². The molecule has 6 nitrogen and oxygen atoms in total. The molecule has 23 heavy (non-hydrogen) atoms. The van der Waals surface area contributed by atoms with Crippen LogP contribution in [0.5, 0.6) is 0 Å². The van der Waals surface area contributed by atoms with Gasteiger partial charge in [0.2, 0.25) is 5.91 Å². The lowest BCUT2D eigenvalue weighted by Gasteiger charge is -2.22. The molecule has 2 heterocycles. The first-order valence-corrected chi connectivity index (χ1v) is 8.39.